The van der Waals surface area contributed by atoms with E-state index >= 15 is 0 Å². The molecule has 2 N–H and O–H groups in total. The molecule has 3 rings (SSSR count). The van der Waals surface area contributed by atoms with Crippen molar-refractivity contribution >= 4 is 17.5 Å². The maximum absolute atomic E-state index is 12.3. The van der Waals surface area contributed by atoms with Gasteiger partial charge in [-0.1, -0.05) is 12.1 Å². The van der Waals surface area contributed by atoms with Gasteiger partial charge in [0.25, 0.3) is 5.91 Å². The third kappa shape index (κ3) is 4.29. The van der Waals surface area contributed by atoms with Gasteiger partial charge in [0, 0.05) is 24.5 Å². The van der Waals surface area contributed by atoms with Crippen molar-refractivity contribution in [1.29, 1.82) is 0 Å². The van der Waals surface area contributed by atoms with Crippen molar-refractivity contribution in [3.05, 3.63) is 47.3 Å². The van der Waals surface area contributed by atoms with Crippen LogP contribution in [0.4, 0.5) is 11.6 Å². The third-order valence-corrected chi connectivity index (χ3v) is 3.88. The fourth-order valence-electron chi connectivity index (χ4n) is 2.70. The van der Waals surface area contributed by atoms with Gasteiger partial charge in [-0.25, -0.2) is 9.97 Å². The highest BCUT2D eigenvalue weighted by Crippen LogP contribution is 2.15. The van der Waals surface area contributed by atoms with Crippen LogP contribution in [0.15, 0.2) is 30.3 Å². The van der Waals surface area contributed by atoms with Crippen LogP contribution in [0.25, 0.3) is 0 Å². The van der Waals surface area contributed by atoms with Crippen molar-refractivity contribution in [2.24, 2.45) is 0 Å². The molecule has 6 nitrogen and oxygen atoms in total. The highest BCUT2D eigenvalue weighted by Gasteiger charge is 2.17. The van der Waals surface area contributed by atoms with Crippen molar-refractivity contribution in [2.45, 2.75) is 32.8 Å². The maximum atomic E-state index is 12.3. The molecule has 0 saturated carbocycles. The number of benzene rings is 1. The van der Waals surface area contributed by atoms with Crippen molar-refractivity contribution in [2.75, 3.05) is 18.5 Å². The van der Waals surface area contributed by atoms with E-state index in [4.69, 9.17) is 4.74 Å². The Hall–Kier alpha value is -2.47. The van der Waals surface area contributed by atoms with Crippen LogP contribution >= 0.6 is 0 Å². The molecule has 24 heavy (non-hydrogen) atoms. The average molecular weight is 326 g/mol. The van der Waals surface area contributed by atoms with Crippen LogP contribution in [0, 0.1) is 13.8 Å². The Kier molecular flexibility index (Phi) is 5.05. The molecule has 2 heterocycles. The lowest BCUT2D eigenvalue weighted by molar-refractivity contribution is 0.0853. The summed E-state index contributed by atoms with van der Waals surface area (Å²) in [5, 5.41) is 6.04. The van der Waals surface area contributed by atoms with Crippen LogP contribution in [-0.4, -0.2) is 35.1 Å². The first-order valence-electron chi connectivity index (χ1n) is 8.19. The first-order valence-corrected chi connectivity index (χ1v) is 8.19. The van der Waals surface area contributed by atoms with E-state index in [-0.39, 0.29) is 12.0 Å². The van der Waals surface area contributed by atoms with Gasteiger partial charge in [-0.3, -0.25) is 4.79 Å². The van der Waals surface area contributed by atoms with Gasteiger partial charge in [-0.2, -0.15) is 0 Å². The summed E-state index contributed by atoms with van der Waals surface area (Å²) in [6, 6.07) is 9.61. The molecule has 0 bridgehead atoms. The topological polar surface area (TPSA) is 76.1 Å². The zero-order chi connectivity index (χ0) is 16.9. The quantitative estimate of drug-likeness (QED) is 0.883. The van der Waals surface area contributed by atoms with E-state index in [1.165, 1.54) is 0 Å². The predicted molar refractivity (Wildman–Crippen MR) is 92.5 cm³/mol. The number of nitrogens with zero attached hydrogens (tertiary/aromatic N) is 2. The molecule has 1 aromatic carbocycles. The number of ether oxygens (including phenoxy) is 1. The average Bonchev–Trinajstić information content (AvgIpc) is 3.05. The number of carbonyl (C=O) groups is 1. The third-order valence-electron chi connectivity index (χ3n) is 3.88. The van der Waals surface area contributed by atoms with Gasteiger partial charge in [0.1, 0.15) is 5.69 Å². The number of aryl methyl sites for hydroxylation is 2. The molecule has 1 amide bonds. The van der Waals surface area contributed by atoms with Crippen LogP contribution < -0.4 is 10.6 Å². The Labute approximate surface area is 141 Å². The Balaban J connectivity index is 1.69. The molecule has 1 saturated heterocycles. The maximum Gasteiger partial charge on any atom is 0.270 e. The zero-order valence-electron chi connectivity index (χ0n) is 14.0. The second kappa shape index (κ2) is 7.40. The molecule has 1 unspecified atom stereocenters. The number of amides is 1. The van der Waals surface area contributed by atoms with E-state index < -0.39 is 0 Å². The van der Waals surface area contributed by atoms with Gasteiger partial charge >= 0.3 is 0 Å². The zero-order valence-corrected chi connectivity index (χ0v) is 14.0. The van der Waals surface area contributed by atoms with Crippen molar-refractivity contribution in [3.63, 3.8) is 0 Å². The summed E-state index contributed by atoms with van der Waals surface area (Å²) in [7, 11) is 0. The monoisotopic (exact) mass is 326 g/mol. The van der Waals surface area contributed by atoms with E-state index in [1.807, 2.05) is 38.1 Å². The molecular formula is C18H22N4O2. The Morgan fingerprint density at radius 1 is 1.29 bits per heavy atom. The minimum atomic E-state index is -0.205. The number of aromatic nitrogens is 2. The SMILES string of the molecule is Cc1cccc(Nc2nc(C)cc(C(=O)NCC3CCCO3)n2)c1. The molecule has 126 valence electrons. The minimum Gasteiger partial charge on any atom is -0.376 e. The fourth-order valence-corrected chi connectivity index (χ4v) is 2.70. The molecule has 0 spiro atoms. The first-order chi connectivity index (χ1) is 11.6. The van der Waals surface area contributed by atoms with Gasteiger partial charge in [0.05, 0.1) is 6.10 Å². The summed E-state index contributed by atoms with van der Waals surface area (Å²) in [6.45, 7) is 5.16. The second-order valence-corrected chi connectivity index (χ2v) is 6.06. The summed E-state index contributed by atoms with van der Waals surface area (Å²) < 4.78 is 5.52. The second-order valence-electron chi connectivity index (χ2n) is 6.06. The highest BCUT2D eigenvalue weighted by molar-refractivity contribution is 5.92. The predicted octanol–water partition coefficient (Wildman–Crippen LogP) is 2.75. The summed E-state index contributed by atoms with van der Waals surface area (Å²) in [4.78, 5) is 21.0. The fraction of sp³-hybridized carbons (Fsp3) is 0.389. The lowest BCUT2D eigenvalue weighted by atomic mass is 10.2. The number of hydrogen-bond acceptors (Lipinski definition) is 5. The number of hydrogen-bond donors (Lipinski definition) is 2. The van der Waals surface area contributed by atoms with E-state index in [0.717, 1.165) is 36.4 Å². The van der Waals surface area contributed by atoms with Crippen LogP contribution in [-0.2, 0) is 4.74 Å². The lowest BCUT2D eigenvalue weighted by Crippen LogP contribution is -2.32. The van der Waals surface area contributed by atoms with E-state index in [0.29, 0.717) is 18.2 Å². The molecule has 1 atom stereocenters. The molecule has 2 aromatic rings. The number of rotatable bonds is 5. The number of nitrogens with one attached hydrogen (secondary N) is 2. The molecule has 0 radical (unpaired) electrons. The van der Waals surface area contributed by atoms with Crippen molar-refractivity contribution < 1.29 is 9.53 Å². The van der Waals surface area contributed by atoms with Gasteiger partial charge in [0.2, 0.25) is 5.95 Å². The van der Waals surface area contributed by atoms with Crippen LogP contribution in [0.2, 0.25) is 0 Å². The molecule has 1 aliphatic heterocycles. The van der Waals surface area contributed by atoms with Gasteiger partial charge in [-0.05, 0) is 50.5 Å². The van der Waals surface area contributed by atoms with E-state index in [1.54, 1.807) is 6.07 Å². The number of carbonyl (C=O) groups excluding carboxylic acids is 1. The molecule has 0 aliphatic carbocycles. The van der Waals surface area contributed by atoms with E-state index in [2.05, 4.69) is 20.6 Å². The molecule has 6 heteroatoms. The number of anilines is 2. The van der Waals surface area contributed by atoms with E-state index in [9.17, 15) is 4.79 Å². The van der Waals surface area contributed by atoms with Gasteiger partial charge in [0.15, 0.2) is 0 Å². The largest absolute Gasteiger partial charge is 0.376 e. The Morgan fingerprint density at radius 3 is 2.92 bits per heavy atom. The minimum absolute atomic E-state index is 0.113. The summed E-state index contributed by atoms with van der Waals surface area (Å²) in [5.41, 5.74) is 3.13. The standard InChI is InChI=1S/C18H22N4O2/c1-12-5-3-6-14(9-12)21-18-20-13(2)10-16(22-18)17(23)19-11-15-7-4-8-24-15/h3,5-6,9-10,15H,4,7-8,11H2,1-2H3,(H,19,23)(H,20,21,22). The van der Waals surface area contributed by atoms with Crippen molar-refractivity contribution in [1.82, 2.24) is 15.3 Å². The van der Waals surface area contributed by atoms with Crippen LogP contribution in [0.5, 0.6) is 0 Å². The molecule has 1 aliphatic rings. The Bertz CT molecular complexity index is 727. The van der Waals surface area contributed by atoms with Crippen molar-refractivity contribution in [3.8, 4) is 0 Å². The van der Waals surface area contributed by atoms with Gasteiger partial charge in [-0.15, -0.1) is 0 Å². The smallest absolute Gasteiger partial charge is 0.270 e. The summed E-state index contributed by atoms with van der Waals surface area (Å²) >= 11 is 0. The van der Waals surface area contributed by atoms with Crippen LogP contribution in [0.1, 0.15) is 34.6 Å². The molecule has 1 fully saturated rings. The van der Waals surface area contributed by atoms with Gasteiger partial charge < -0.3 is 15.4 Å². The first kappa shape index (κ1) is 16.4. The Morgan fingerprint density at radius 2 is 2.17 bits per heavy atom. The normalized spacial score (nSPS) is 16.8. The molecule has 1 aromatic heterocycles. The lowest BCUT2D eigenvalue weighted by Gasteiger charge is -2.12. The molecular weight excluding hydrogens is 304 g/mol. The highest BCUT2D eigenvalue weighted by atomic mass is 16.5. The van der Waals surface area contributed by atoms with Crippen LogP contribution in [0.3, 0.4) is 0 Å². The summed E-state index contributed by atoms with van der Waals surface area (Å²) in [6.07, 6.45) is 2.16. The summed E-state index contributed by atoms with van der Waals surface area (Å²) in [5.74, 6) is 0.214.